The van der Waals surface area contributed by atoms with E-state index in [1.165, 1.54) is 20.0 Å². The van der Waals surface area contributed by atoms with Crippen molar-refractivity contribution in [2.75, 3.05) is 12.4 Å². The van der Waals surface area contributed by atoms with Gasteiger partial charge in [-0.2, -0.15) is 0 Å². The summed E-state index contributed by atoms with van der Waals surface area (Å²) in [5.41, 5.74) is 0.461. The van der Waals surface area contributed by atoms with Gasteiger partial charge in [-0.15, -0.1) is 0 Å². The van der Waals surface area contributed by atoms with Crippen LogP contribution < -0.4 is 14.8 Å². The average molecular weight is 369 g/mol. The van der Waals surface area contributed by atoms with Crippen molar-refractivity contribution >= 4 is 17.6 Å². The number of carbonyl (C=O) groups excluding carboxylic acids is 2. The Balaban J connectivity index is 1.63. The number of anilines is 1. The number of ether oxygens (including phenoxy) is 4. The lowest BCUT2D eigenvalue weighted by Crippen LogP contribution is -2.42. The monoisotopic (exact) mass is 369 g/mol. The van der Waals surface area contributed by atoms with E-state index in [0.29, 0.717) is 17.2 Å². The van der Waals surface area contributed by atoms with E-state index in [-0.39, 0.29) is 5.57 Å². The Labute approximate surface area is 156 Å². The number of methoxy groups -OCH3 is 1. The van der Waals surface area contributed by atoms with E-state index >= 15 is 0 Å². The second-order valence-electron chi connectivity index (χ2n) is 6.18. The van der Waals surface area contributed by atoms with Gasteiger partial charge < -0.3 is 24.3 Å². The zero-order chi connectivity index (χ0) is 19.4. The summed E-state index contributed by atoms with van der Waals surface area (Å²) < 4.78 is 20.9. The lowest BCUT2D eigenvalue weighted by atomic mass is 10.2. The largest absolute Gasteiger partial charge is 0.497 e. The minimum atomic E-state index is -1.26. The third kappa shape index (κ3) is 4.58. The number of carbonyl (C=O) groups is 2. The van der Waals surface area contributed by atoms with Crippen LogP contribution in [-0.4, -0.2) is 24.8 Å². The molecule has 3 rings (SSSR count). The summed E-state index contributed by atoms with van der Waals surface area (Å²) in [6.07, 6.45) is 1.26. The molecule has 7 heteroatoms. The van der Waals surface area contributed by atoms with E-state index in [0.717, 1.165) is 5.75 Å². The molecule has 0 atom stereocenters. The van der Waals surface area contributed by atoms with Crippen LogP contribution in [0.3, 0.4) is 0 Å². The molecule has 2 aromatic rings. The smallest absolute Gasteiger partial charge is 0.350 e. The van der Waals surface area contributed by atoms with Crippen molar-refractivity contribution in [2.45, 2.75) is 19.6 Å². The van der Waals surface area contributed by atoms with Gasteiger partial charge in [0.1, 0.15) is 17.2 Å². The molecule has 7 nitrogen and oxygen atoms in total. The highest BCUT2D eigenvalue weighted by Gasteiger charge is 2.38. The molecule has 140 valence electrons. The first-order valence-corrected chi connectivity index (χ1v) is 8.22. The molecule has 0 saturated carbocycles. The van der Waals surface area contributed by atoms with E-state index in [2.05, 4.69) is 5.32 Å². The minimum Gasteiger partial charge on any atom is -0.497 e. The fourth-order valence-corrected chi connectivity index (χ4v) is 2.33. The van der Waals surface area contributed by atoms with Gasteiger partial charge in [-0.25, -0.2) is 9.59 Å². The third-order valence-electron chi connectivity index (χ3n) is 3.65. The summed E-state index contributed by atoms with van der Waals surface area (Å²) in [7, 11) is 1.60. The number of benzene rings is 2. The van der Waals surface area contributed by atoms with Crippen molar-refractivity contribution in [3.05, 3.63) is 60.3 Å². The van der Waals surface area contributed by atoms with Gasteiger partial charge in [0.05, 0.1) is 7.11 Å². The standard InChI is InChI=1S/C20H19NO6/c1-20(2)26-18(22)17(19(23)27-20)12-21-13-4-6-15(7-5-13)25-16-10-8-14(24-3)9-11-16/h4-12,21H,1-3H3. The summed E-state index contributed by atoms with van der Waals surface area (Å²) >= 11 is 0. The molecule has 1 aliphatic rings. The predicted octanol–water partition coefficient (Wildman–Crippen LogP) is 3.62. The zero-order valence-corrected chi connectivity index (χ0v) is 15.1. The fourth-order valence-electron chi connectivity index (χ4n) is 2.33. The first-order valence-electron chi connectivity index (χ1n) is 8.22. The summed E-state index contributed by atoms with van der Waals surface area (Å²) in [5.74, 6) is -0.665. The number of rotatable bonds is 5. The van der Waals surface area contributed by atoms with Crippen molar-refractivity contribution in [2.24, 2.45) is 0 Å². The lowest BCUT2D eigenvalue weighted by molar-refractivity contribution is -0.222. The minimum absolute atomic E-state index is 0.201. The van der Waals surface area contributed by atoms with E-state index in [1.807, 2.05) is 0 Å². The van der Waals surface area contributed by atoms with Crippen LogP contribution in [0.2, 0.25) is 0 Å². The predicted molar refractivity (Wildman–Crippen MR) is 97.5 cm³/mol. The van der Waals surface area contributed by atoms with E-state index in [9.17, 15) is 9.59 Å². The molecule has 1 saturated heterocycles. The summed E-state index contributed by atoms with van der Waals surface area (Å²) in [4.78, 5) is 23.8. The van der Waals surface area contributed by atoms with Crippen LogP contribution in [0, 0.1) is 0 Å². The van der Waals surface area contributed by atoms with Crippen LogP contribution in [0.4, 0.5) is 5.69 Å². The van der Waals surface area contributed by atoms with Gasteiger partial charge in [-0.3, -0.25) is 0 Å². The highest BCUT2D eigenvalue weighted by atomic mass is 16.7. The molecule has 27 heavy (non-hydrogen) atoms. The molecule has 0 spiro atoms. The molecule has 0 radical (unpaired) electrons. The highest BCUT2D eigenvalue weighted by Crippen LogP contribution is 2.26. The number of esters is 2. The molecule has 0 amide bonds. The molecule has 0 bridgehead atoms. The van der Waals surface area contributed by atoms with E-state index < -0.39 is 17.7 Å². The van der Waals surface area contributed by atoms with Crippen LogP contribution in [0.15, 0.2) is 60.3 Å². The Bertz CT molecular complexity index is 846. The Kier molecular flexibility index (Phi) is 5.03. The second-order valence-corrected chi connectivity index (χ2v) is 6.18. The molecule has 0 unspecified atom stereocenters. The molecule has 1 heterocycles. The maximum Gasteiger partial charge on any atom is 0.350 e. The molecule has 0 aliphatic carbocycles. The number of nitrogens with one attached hydrogen (secondary N) is 1. The molecule has 1 N–H and O–H groups in total. The van der Waals surface area contributed by atoms with Crippen LogP contribution in [0.5, 0.6) is 17.2 Å². The third-order valence-corrected chi connectivity index (χ3v) is 3.65. The first kappa shape index (κ1) is 18.3. The van der Waals surface area contributed by atoms with Crippen molar-refractivity contribution in [3.63, 3.8) is 0 Å². The second kappa shape index (κ2) is 7.41. The highest BCUT2D eigenvalue weighted by molar-refractivity contribution is 6.15. The van der Waals surface area contributed by atoms with E-state index in [1.54, 1.807) is 55.6 Å². The number of hydrogen-bond acceptors (Lipinski definition) is 7. The molecule has 1 aliphatic heterocycles. The van der Waals surface area contributed by atoms with Crippen molar-refractivity contribution in [3.8, 4) is 17.2 Å². The van der Waals surface area contributed by atoms with Crippen molar-refractivity contribution in [1.82, 2.24) is 0 Å². The maximum absolute atomic E-state index is 11.9. The van der Waals surface area contributed by atoms with Gasteiger partial charge in [0.15, 0.2) is 5.57 Å². The summed E-state index contributed by atoms with van der Waals surface area (Å²) in [6, 6.07) is 14.2. The Morgan fingerprint density at radius 3 is 1.85 bits per heavy atom. The lowest BCUT2D eigenvalue weighted by Gasteiger charge is -2.29. The maximum atomic E-state index is 11.9. The topological polar surface area (TPSA) is 83.1 Å². The Morgan fingerprint density at radius 2 is 1.33 bits per heavy atom. The van der Waals surface area contributed by atoms with E-state index in [4.69, 9.17) is 18.9 Å². The van der Waals surface area contributed by atoms with Gasteiger partial charge in [-0.05, 0) is 48.5 Å². The summed E-state index contributed by atoms with van der Waals surface area (Å²) in [6.45, 7) is 2.99. The van der Waals surface area contributed by atoms with Crippen LogP contribution in [-0.2, 0) is 19.1 Å². The van der Waals surface area contributed by atoms with Crippen molar-refractivity contribution < 1.29 is 28.5 Å². The molecular formula is C20H19NO6. The average Bonchev–Trinajstić information content (AvgIpc) is 2.62. The van der Waals surface area contributed by atoms with Gasteiger partial charge in [-0.1, -0.05) is 0 Å². The summed E-state index contributed by atoms with van der Waals surface area (Å²) in [5, 5.41) is 2.87. The number of cyclic esters (lactones) is 2. The van der Waals surface area contributed by atoms with Crippen LogP contribution >= 0.6 is 0 Å². The SMILES string of the molecule is COc1ccc(Oc2ccc(NC=C3C(=O)OC(C)(C)OC3=O)cc2)cc1. The molecule has 1 fully saturated rings. The van der Waals surface area contributed by atoms with Gasteiger partial charge in [0, 0.05) is 25.7 Å². The van der Waals surface area contributed by atoms with Crippen LogP contribution in [0.25, 0.3) is 0 Å². The van der Waals surface area contributed by atoms with Gasteiger partial charge in [0.2, 0.25) is 0 Å². The normalized spacial score (nSPS) is 15.4. The van der Waals surface area contributed by atoms with Gasteiger partial charge >= 0.3 is 11.9 Å². The quantitative estimate of drug-likeness (QED) is 0.490. The molecule has 0 aromatic heterocycles. The number of hydrogen-bond donors (Lipinski definition) is 1. The molecule has 2 aromatic carbocycles. The van der Waals surface area contributed by atoms with Gasteiger partial charge in [0.25, 0.3) is 5.79 Å². The van der Waals surface area contributed by atoms with Crippen LogP contribution in [0.1, 0.15) is 13.8 Å². The van der Waals surface area contributed by atoms with Crippen molar-refractivity contribution in [1.29, 1.82) is 0 Å². The fraction of sp³-hybridized carbons (Fsp3) is 0.200. The molecular weight excluding hydrogens is 350 g/mol. The Morgan fingerprint density at radius 1 is 0.852 bits per heavy atom. The first-order chi connectivity index (χ1) is 12.9. The zero-order valence-electron chi connectivity index (χ0n) is 15.1. The Hall–Kier alpha value is -3.48.